The summed E-state index contributed by atoms with van der Waals surface area (Å²) in [5.41, 5.74) is 0. The van der Waals surface area contributed by atoms with Crippen molar-refractivity contribution in [2.75, 3.05) is 13.2 Å². The summed E-state index contributed by atoms with van der Waals surface area (Å²) in [5.74, 6) is -0.314. The van der Waals surface area contributed by atoms with E-state index in [9.17, 15) is 9.90 Å². The zero-order chi connectivity index (χ0) is 9.84. The monoisotopic (exact) mass is 188 g/mol. The van der Waals surface area contributed by atoms with Gasteiger partial charge in [-0.05, 0) is 5.92 Å². The van der Waals surface area contributed by atoms with Gasteiger partial charge in [0.2, 0.25) is 0 Å². The van der Waals surface area contributed by atoms with Crippen LogP contribution in [0.15, 0.2) is 0 Å². The molecule has 4 atom stereocenters. The third-order valence-electron chi connectivity index (χ3n) is 2.71. The number of carbonyl (C=O) groups is 1. The SMILES string of the molecule is CC[C@H]1CO[C@H](CO)[C@H](O)[C@@H]1C=O. The summed E-state index contributed by atoms with van der Waals surface area (Å²) in [4.78, 5) is 10.7. The number of carbonyl (C=O) groups excluding carboxylic acids is 1. The van der Waals surface area contributed by atoms with E-state index in [1.807, 2.05) is 6.92 Å². The van der Waals surface area contributed by atoms with Gasteiger partial charge in [-0.3, -0.25) is 0 Å². The number of rotatable bonds is 3. The van der Waals surface area contributed by atoms with Gasteiger partial charge in [-0.1, -0.05) is 13.3 Å². The molecule has 1 aliphatic heterocycles. The second-order valence-electron chi connectivity index (χ2n) is 3.43. The van der Waals surface area contributed by atoms with Crippen LogP contribution in [0.3, 0.4) is 0 Å². The van der Waals surface area contributed by atoms with Gasteiger partial charge in [-0.2, -0.15) is 0 Å². The van der Waals surface area contributed by atoms with E-state index in [1.54, 1.807) is 0 Å². The standard InChI is InChI=1S/C9H16O4/c1-2-6-5-13-8(4-11)9(12)7(6)3-10/h3,6-9,11-12H,2,4-5H2,1H3/t6-,7+,8+,9+/m0/s1. The quantitative estimate of drug-likeness (QED) is 0.590. The van der Waals surface area contributed by atoms with Crippen molar-refractivity contribution in [1.29, 1.82) is 0 Å². The fourth-order valence-corrected chi connectivity index (χ4v) is 1.73. The molecule has 0 aliphatic carbocycles. The molecule has 1 aliphatic rings. The maximum absolute atomic E-state index is 10.7. The van der Waals surface area contributed by atoms with Gasteiger partial charge in [0.25, 0.3) is 0 Å². The highest BCUT2D eigenvalue weighted by Crippen LogP contribution is 2.26. The first-order valence-corrected chi connectivity index (χ1v) is 4.60. The molecule has 76 valence electrons. The molecule has 0 spiro atoms. The molecule has 4 heteroatoms. The molecule has 2 N–H and O–H groups in total. The normalized spacial score (nSPS) is 40.2. The lowest BCUT2D eigenvalue weighted by atomic mass is 9.83. The van der Waals surface area contributed by atoms with Crippen LogP contribution in [0.1, 0.15) is 13.3 Å². The molecule has 13 heavy (non-hydrogen) atoms. The molecule has 0 saturated carbocycles. The molecule has 1 rings (SSSR count). The Bertz CT molecular complexity index is 171. The van der Waals surface area contributed by atoms with Crippen molar-refractivity contribution in [2.24, 2.45) is 11.8 Å². The summed E-state index contributed by atoms with van der Waals surface area (Å²) < 4.78 is 5.22. The minimum absolute atomic E-state index is 0.0790. The molecular weight excluding hydrogens is 172 g/mol. The second-order valence-corrected chi connectivity index (χ2v) is 3.43. The Kier molecular flexibility index (Phi) is 3.84. The number of aldehydes is 1. The third-order valence-corrected chi connectivity index (χ3v) is 2.71. The Morgan fingerprint density at radius 3 is 2.77 bits per heavy atom. The van der Waals surface area contributed by atoms with Crippen molar-refractivity contribution in [3.05, 3.63) is 0 Å². The van der Waals surface area contributed by atoms with Gasteiger partial charge in [0.05, 0.1) is 19.3 Å². The average Bonchev–Trinajstić information content (AvgIpc) is 2.17. The smallest absolute Gasteiger partial charge is 0.126 e. The highest BCUT2D eigenvalue weighted by atomic mass is 16.5. The lowest BCUT2D eigenvalue weighted by molar-refractivity contribution is -0.155. The molecule has 1 heterocycles. The van der Waals surface area contributed by atoms with Gasteiger partial charge in [0.15, 0.2) is 0 Å². The van der Waals surface area contributed by atoms with E-state index in [4.69, 9.17) is 9.84 Å². The number of aliphatic hydroxyl groups is 2. The van der Waals surface area contributed by atoms with Crippen LogP contribution >= 0.6 is 0 Å². The molecule has 0 radical (unpaired) electrons. The van der Waals surface area contributed by atoms with Crippen LogP contribution in [0.4, 0.5) is 0 Å². The lowest BCUT2D eigenvalue weighted by Crippen LogP contribution is -2.48. The van der Waals surface area contributed by atoms with Gasteiger partial charge >= 0.3 is 0 Å². The lowest BCUT2D eigenvalue weighted by Gasteiger charge is -2.36. The van der Waals surface area contributed by atoms with Crippen LogP contribution in [0.2, 0.25) is 0 Å². The average molecular weight is 188 g/mol. The fourth-order valence-electron chi connectivity index (χ4n) is 1.73. The highest BCUT2D eigenvalue weighted by molar-refractivity contribution is 5.55. The largest absolute Gasteiger partial charge is 0.394 e. The Balaban J connectivity index is 2.65. The van der Waals surface area contributed by atoms with Crippen molar-refractivity contribution < 1.29 is 19.7 Å². The van der Waals surface area contributed by atoms with E-state index in [-0.39, 0.29) is 12.5 Å². The number of hydrogen-bond acceptors (Lipinski definition) is 4. The minimum Gasteiger partial charge on any atom is -0.394 e. The Morgan fingerprint density at radius 1 is 1.62 bits per heavy atom. The van der Waals surface area contributed by atoms with Crippen LogP contribution in [-0.4, -0.2) is 41.9 Å². The number of hydrogen-bond donors (Lipinski definition) is 2. The van der Waals surface area contributed by atoms with Gasteiger partial charge in [-0.25, -0.2) is 0 Å². The summed E-state index contributed by atoms with van der Waals surface area (Å²) >= 11 is 0. The molecule has 4 nitrogen and oxygen atoms in total. The predicted molar refractivity (Wildman–Crippen MR) is 46.2 cm³/mol. The van der Waals surface area contributed by atoms with Crippen molar-refractivity contribution in [2.45, 2.75) is 25.6 Å². The van der Waals surface area contributed by atoms with Gasteiger partial charge < -0.3 is 19.7 Å². The van der Waals surface area contributed by atoms with E-state index in [0.717, 1.165) is 12.7 Å². The molecular formula is C9H16O4. The Morgan fingerprint density at radius 2 is 2.31 bits per heavy atom. The summed E-state index contributed by atoms with van der Waals surface area (Å²) in [7, 11) is 0. The molecule has 1 saturated heterocycles. The van der Waals surface area contributed by atoms with Crippen LogP contribution in [0.25, 0.3) is 0 Å². The second kappa shape index (κ2) is 4.69. The Labute approximate surface area is 77.5 Å². The van der Waals surface area contributed by atoms with Crippen molar-refractivity contribution >= 4 is 6.29 Å². The topological polar surface area (TPSA) is 66.8 Å². The first-order valence-electron chi connectivity index (χ1n) is 4.60. The maximum Gasteiger partial charge on any atom is 0.126 e. The minimum atomic E-state index is -0.860. The van der Waals surface area contributed by atoms with E-state index < -0.39 is 18.1 Å². The van der Waals surface area contributed by atoms with Gasteiger partial charge in [0.1, 0.15) is 12.4 Å². The van der Waals surface area contributed by atoms with Gasteiger partial charge in [-0.15, -0.1) is 0 Å². The summed E-state index contributed by atoms with van der Waals surface area (Å²) in [6.07, 6.45) is 0.113. The van der Waals surface area contributed by atoms with Crippen molar-refractivity contribution in [3.8, 4) is 0 Å². The molecule has 0 unspecified atom stereocenters. The zero-order valence-electron chi connectivity index (χ0n) is 7.72. The molecule has 0 aromatic rings. The van der Waals surface area contributed by atoms with Crippen LogP contribution in [0, 0.1) is 11.8 Å². The highest BCUT2D eigenvalue weighted by Gasteiger charge is 2.37. The van der Waals surface area contributed by atoms with Gasteiger partial charge in [0, 0.05) is 5.92 Å². The molecule has 0 bridgehead atoms. The number of ether oxygens (including phenoxy) is 1. The fraction of sp³-hybridized carbons (Fsp3) is 0.889. The molecule has 1 fully saturated rings. The van der Waals surface area contributed by atoms with Crippen molar-refractivity contribution in [3.63, 3.8) is 0 Å². The Hall–Kier alpha value is -0.450. The van der Waals surface area contributed by atoms with Crippen LogP contribution in [-0.2, 0) is 9.53 Å². The first kappa shape index (κ1) is 10.6. The first-order chi connectivity index (χ1) is 6.24. The third kappa shape index (κ3) is 2.07. The summed E-state index contributed by atoms with van der Waals surface area (Å²) in [6, 6.07) is 0. The molecule has 0 amide bonds. The summed E-state index contributed by atoms with van der Waals surface area (Å²) in [6.45, 7) is 2.17. The molecule has 0 aromatic carbocycles. The molecule has 0 aromatic heterocycles. The van der Waals surface area contributed by atoms with Crippen LogP contribution in [0.5, 0.6) is 0 Å². The van der Waals surface area contributed by atoms with E-state index >= 15 is 0 Å². The van der Waals surface area contributed by atoms with E-state index in [0.29, 0.717) is 6.61 Å². The van der Waals surface area contributed by atoms with E-state index in [1.165, 1.54) is 0 Å². The van der Waals surface area contributed by atoms with Crippen molar-refractivity contribution in [1.82, 2.24) is 0 Å². The predicted octanol–water partition coefficient (Wildman–Crippen LogP) is -0.420. The van der Waals surface area contributed by atoms with E-state index in [2.05, 4.69) is 0 Å². The maximum atomic E-state index is 10.7. The zero-order valence-corrected chi connectivity index (χ0v) is 7.72. The summed E-state index contributed by atoms with van der Waals surface area (Å²) in [5, 5.41) is 18.4. The van der Waals surface area contributed by atoms with Crippen LogP contribution < -0.4 is 0 Å². The number of aliphatic hydroxyl groups excluding tert-OH is 2.